The topological polar surface area (TPSA) is 72.2 Å². The van der Waals surface area contributed by atoms with Crippen LogP contribution < -0.4 is 5.32 Å². The fraction of sp³-hybridized carbons (Fsp3) is 0.471. The minimum Gasteiger partial charge on any atom is -0.352 e. The maximum Gasteiger partial charge on any atom is 0.270 e. The Morgan fingerprint density at radius 2 is 2.18 bits per heavy atom. The molecule has 0 aliphatic carbocycles. The first kappa shape index (κ1) is 17.9. The molecule has 0 saturated heterocycles. The Hall–Kier alpha value is -2.17. The van der Waals surface area contributed by atoms with Crippen molar-refractivity contribution in [1.82, 2.24) is 5.32 Å². The number of unbranched alkanes of at least 4 members (excludes halogenated alkanes) is 1. The van der Waals surface area contributed by atoms with E-state index in [0.29, 0.717) is 18.0 Å². The van der Waals surface area contributed by atoms with Gasteiger partial charge < -0.3 is 5.32 Å². The number of nitro groups is 1. The number of non-ortho nitro benzene ring substituents is 1. The van der Waals surface area contributed by atoms with Crippen LogP contribution in [-0.4, -0.2) is 17.4 Å². The van der Waals surface area contributed by atoms with E-state index in [1.165, 1.54) is 24.6 Å². The van der Waals surface area contributed by atoms with E-state index in [1.807, 2.05) is 0 Å². The second kappa shape index (κ2) is 9.71. The second-order valence-corrected chi connectivity index (χ2v) is 5.35. The maximum absolute atomic E-state index is 11.8. The van der Waals surface area contributed by atoms with Crippen LogP contribution in [0.15, 0.2) is 30.3 Å². The molecule has 5 nitrogen and oxygen atoms in total. The molecule has 0 bridgehead atoms. The van der Waals surface area contributed by atoms with Gasteiger partial charge in [0.1, 0.15) is 0 Å². The Labute approximate surface area is 131 Å². The van der Waals surface area contributed by atoms with Crippen LogP contribution in [0.2, 0.25) is 0 Å². The summed E-state index contributed by atoms with van der Waals surface area (Å²) in [6.07, 6.45) is 7.53. The summed E-state index contributed by atoms with van der Waals surface area (Å²) in [6.45, 7) is 4.97. The number of carbonyl (C=O) groups excluding carboxylic acids is 1. The smallest absolute Gasteiger partial charge is 0.270 e. The van der Waals surface area contributed by atoms with E-state index in [9.17, 15) is 14.9 Å². The van der Waals surface area contributed by atoms with Gasteiger partial charge in [0.2, 0.25) is 5.91 Å². The summed E-state index contributed by atoms with van der Waals surface area (Å²) in [4.78, 5) is 22.0. The summed E-state index contributed by atoms with van der Waals surface area (Å²) >= 11 is 0. The first-order valence-electron chi connectivity index (χ1n) is 7.77. The summed E-state index contributed by atoms with van der Waals surface area (Å²) in [6, 6.07) is 6.21. The van der Waals surface area contributed by atoms with Gasteiger partial charge in [-0.2, -0.15) is 0 Å². The first-order chi connectivity index (χ1) is 10.6. The van der Waals surface area contributed by atoms with Crippen LogP contribution in [0, 0.1) is 16.0 Å². The number of nitrogens with one attached hydrogen (secondary N) is 1. The molecule has 0 spiro atoms. The zero-order valence-corrected chi connectivity index (χ0v) is 13.2. The van der Waals surface area contributed by atoms with Crippen LogP contribution in [0.3, 0.4) is 0 Å². The summed E-state index contributed by atoms with van der Waals surface area (Å²) < 4.78 is 0. The van der Waals surface area contributed by atoms with Gasteiger partial charge in [-0.1, -0.05) is 45.2 Å². The SMILES string of the molecule is CCCCC(CC)CNC(=O)C=Cc1cccc([N+](=O)[O-])c1. The number of hydrogen-bond acceptors (Lipinski definition) is 3. The average molecular weight is 304 g/mol. The van der Waals surface area contributed by atoms with Crippen molar-refractivity contribution in [3.8, 4) is 0 Å². The van der Waals surface area contributed by atoms with Gasteiger partial charge in [0, 0.05) is 24.8 Å². The molecule has 1 N–H and O–H groups in total. The van der Waals surface area contributed by atoms with E-state index in [4.69, 9.17) is 0 Å². The molecule has 0 aromatic heterocycles. The normalized spacial score (nSPS) is 12.3. The van der Waals surface area contributed by atoms with Crippen molar-refractivity contribution in [2.45, 2.75) is 39.5 Å². The molecular weight excluding hydrogens is 280 g/mol. The summed E-state index contributed by atoms with van der Waals surface area (Å²) in [5.74, 6) is 0.344. The van der Waals surface area contributed by atoms with Gasteiger partial charge in [0.05, 0.1) is 4.92 Å². The van der Waals surface area contributed by atoms with E-state index >= 15 is 0 Å². The highest BCUT2D eigenvalue weighted by atomic mass is 16.6. The number of nitro benzene ring substituents is 1. The molecule has 0 heterocycles. The third-order valence-electron chi connectivity index (χ3n) is 3.62. The van der Waals surface area contributed by atoms with Gasteiger partial charge in [-0.15, -0.1) is 0 Å². The van der Waals surface area contributed by atoms with Crippen molar-refractivity contribution >= 4 is 17.7 Å². The number of benzene rings is 1. The number of nitrogens with zero attached hydrogens (tertiary/aromatic N) is 1. The summed E-state index contributed by atoms with van der Waals surface area (Å²) in [7, 11) is 0. The predicted molar refractivity (Wildman–Crippen MR) is 88.4 cm³/mol. The minimum absolute atomic E-state index is 0.0215. The molecule has 0 aliphatic heterocycles. The van der Waals surface area contributed by atoms with Crippen LogP contribution in [-0.2, 0) is 4.79 Å². The molecular formula is C17H24N2O3. The van der Waals surface area contributed by atoms with Gasteiger partial charge in [-0.25, -0.2) is 0 Å². The molecule has 0 fully saturated rings. The van der Waals surface area contributed by atoms with E-state index in [1.54, 1.807) is 18.2 Å². The van der Waals surface area contributed by atoms with Crippen LogP contribution in [0.5, 0.6) is 0 Å². The Morgan fingerprint density at radius 3 is 2.82 bits per heavy atom. The molecule has 1 atom stereocenters. The van der Waals surface area contributed by atoms with Gasteiger partial charge in [0.25, 0.3) is 5.69 Å². The minimum atomic E-state index is -0.447. The summed E-state index contributed by atoms with van der Waals surface area (Å²) in [5, 5.41) is 13.6. The van der Waals surface area contributed by atoms with Crippen molar-refractivity contribution in [2.24, 2.45) is 5.92 Å². The average Bonchev–Trinajstić information content (AvgIpc) is 2.53. The van der Waals surface area contributed by atoms with E-state index in [0.717, 1.165) is 19.3 Å². The molecule has 120 valence electrons. The largest absolute Gasteiger partial charge is 0.352 e. The maximum atomic E-state index is 11.8. The van der Waals surface area contributed by atoms with Gasteiger partial charge >= 0.3 is 0 Å². The van der Waals surface area contributed by atoms with Crippen LogP contribution in [0.25, 0.3) is 6.08 Å². The summed E-state index contributed by atoms with van der Waals surface area (Å²) in [5.41, 5.74) is 0.663. The highest BCUT2D eigenvalue weighted by molar-refractivity contribution is 5.91. The molecule has 1 amide bonds. The standard InChI is InChI=1S/C17H24N2O3/c1-3-5-7-14(4-2)13-18-17(20)11-10-15-8-6-9-16(12-15)19(21)22/h6,8-12,14H,3-5,7,13H2,1-2H3,(H,18,20). The molecule has 0 saturated carbocycles. The zero-order valence-electron chi connectivity index (χ0n) is 13.2. The molecule has 0 radical (unpaired) electrons. The number of hydrogen-bond donors (Lipinski definition) is 1. The van der Waals surface area contributed by atoms with Gasteiger partial charge in [-0.05, 0) is 24.0 Å². The lowest BCUT2D eigenvalue weighted by atomic mass is 9.99. The number of rotatable bonds is 9. The first-order valence-corrected chi connectivity index (χ1v) is 7.77. The quantitative estimate of drug-likeness (QED) is 0.426. The fourth-order valence-corrected chi connectivity index (χ4v) is 2.16. The van der Waals surface area contributed by atoms with Gasteiger partial charge in [-0.3, -0.25) is 14.9 Å². The number of carbonyl (C=O) groups is 1. The van der Waals surface area contributed by atoms with Crippen molar-refractivity contribution in [3.63, 3.8) is 0 Å². The third kappa shape index (κ3) is 6.52. The van der Waals surface area contributed by atoms with E-state index in [2.05, 4.69) is 19.2 Å². The van der Waals surface area contributed by atoms with Crippen LogP contribution in [0.4, 0.5) is 5.69 Å². The Morgan fingerprint density at radius 1 is 1.41 bits per heavy atom. The molecule has 1 aromatic rings. The predicted octanol–water partition coefficient (Wildman–Crippen LogP) is 3.94. The highest BCUT2D eigenvalue weighted by Gasteiger charge is 2.07. The molecule has 0 aliphatic rings. The highest BCUT2D eigenvalue weighted by Crippen LogP contribution is 2.14. The monoisotopic (exact) mass is 304 g/mol. The van der Waals surface area contributed by atoms with Gasteiger partial charge in [0.15, 0.2) is 0 Å². The van der Waals surface area contributed by atoms with E-state index < -0.39 is 4.92 Å². The van der Waals surface area contributed by atoms with Crippen LogP contribution in [0.1, 0.15) is 45.1 Å². The molecule has 1 aromatic carbocycles. The Balaban J connectivity index is 2.50. The van der Waals surface area contributed by atoms with Crippen LogP contribution >= 0.6 is 0 Å². The lowest BCUT2D eigenvalue weighted by Crippen LogP contribution is -2.27. The fourth-order valence-electron chi connectivity index (χ4n) is 2.16. The second-order valence-electron chi connectivity index (χ2n) is 5.35. The van der Waals surface area contributed by atoms with E-state index in [-0.39, 0.29) is 11.6 Å². The van der Waals surface area contributed by atoms with Crippen molar-refractivity contribution in [3.05, 3.63) is 46.0 Å². The molecule has 5 heteroatoms. The van der Waals surface area contributed by atoms with Crippen molar-refractivity contribution in [2.75, 3.05) is 6.54 Å². The lowest BCUT2D eigenvalue weighted by Gasteiger charge is -2.14. The third-order valence-corrected chi connectivity index (χ3v) is 3.62. The Bertz CT molecular complexity index is 526. The molecule has 1 unspecified atom stereocenters. The lowest BCUT2D eigenvalue weighted by molar-refractivity contribution is -0.384. The Kier molecular flexibility index (Phi) is 7.89. The zero-order chi connectivity index (χ0) is 16.4. The number of amides is 1. The molecule has 1 rings (SSSR count). The molecule has 22 heavy (non-hydrogen) atoms. The van der Waals surface area contributed by atoms with Crippen molar-refractivity contribution in [1.29, 1.82) is 0 Å². The van der Waals surface area contributed by atoms with Crippen molar-refractivity contribution < 1.29 is 9.72 Å².